The molecule has 0 amide bonds. The third kappa shape index (κ3) is 3.09. The summed E-state index contributed by atoms with van der Waals surface area (Å²) in [5.41, 5.74) is 4.58. The van der Waals surface area contributed by atoms with Gasteiger partial charge in [0, 0.05) is 24.3 Å². The first-order valence-corrected chi connectivity index (χ1v) is 9.39. The van der Waals surface area contributed by atoms with E-state index in [0.29, 0.717) is 22.6 Å². The predicted octanol–water partition coefficient (Wildman–Crippen LogP) is 4.00. The number of thiazole rings is 1. The van der Waals surface area contributed by atoms with Gasteiger partial charge in [0.05, 0.1) is 53.5 Å². The van der Waals surface area contributed by atoms with Crippen molar-refractivity contribution in [2.45, 2.75) is 20.1 Å². The molecule has 1 N–H and O–H groups in total. The van der Waals surface area contributed by atoms with Crippen molar-refractivity contribution in [3.05, 3.63) is 47.0 Å². The van der Waals surface area contributed by atoms with Crippen LogP contribution in [0, 0.1) is 12.7 Å². The van der Waals surface area contributed by atoms with Crippen LogP contribution in [-0.4, -0.2) is 34.3 Å². The van der Waals surface area contributed by atoms with Crippen molar-refractivity contribution in [1.82, 2.24) is 15.0 Å². The standard InChI is InChI=1S/C20H18FN3O3S/c1-10-4-12(18-14(5-10)23-11(7-22-18)9-26-2)20-24-19-13(8-25)17(21)15(27-3)6-16(19)28-20/h4-7,25H,8-9H2,1-3H3. The molecule has 6 nitrogen and oxygen atoms in total. The monoisotopic (exact) mass is 399 g/mol. The third-order valence-corrected chi connectivity index (χ3v) is 5.46. The van der Waals surface area contributed by atoms with Crippen molar-refractivity contribution >= 4 is 32.6 Å². The second-order valence-electron chi connectivity index (χ2n) is 6.37. The Bertz CT molecular complexity index is 1190. The van der Waals surface area contributed by atoms with E-state index in [1.807, 2.05) is 19.1 Å². The average Bonchev–Trinajstić information content (AvgIpc) is 3.10. The lowest BCUT2D eigenvalue weighted by Gasteiger charge is -2.07. The average molecular weight is 399 g/mol. The fraction of sp³-hybridized carbons (Fsp3) is 0.250. The zero-order valence-electron chi connectivity index (χ0n) is 15.6. The zero-order valence-corrected chi connectivity index (χ0v) is 16.4. The normalized spacial score (nSPS) is 11.5. The van der Waals surface area contributed by atoms with Crippen LogP contribution in [0.1, 0.15) is 16.8 Å². The first-order chi connectivity index (χ1) is 13.5. The van der Waals surface area contributed by atoms with Crippen LogP contribution >= 0.6 is 11.3 Å². The Labute approximate surface area is 164 Å². The van der Waals surface area contributed by atoms with Crippen LogP contribution in [0.3, 0.4) is 0 Å². The molecule has 4 aromatic rings. The van der Waals surface area contributed by atoms with Crippen molar-refractivity contribution in [2.24, 2.45) is 0 Å². The van der Waals surface area contributed by atoms with Crippen LogP contribution in [0.4, 0.5) is 4.39 Å². The number of aromatic nitrogens is 3. The van der Waals surface area contributed by atoms with Gasteiger partial charge in [-0.05, 0) is 24.6 Å². The highest BCUT2D eigenvalue weighted by Crippen LogP contribution is 2.38. The molecule has 0 radical (unpaired) electrons. The summed E-state index contributed by atoms with van der Waals surface area (Å²) in [5.74, 6) is -0.503. The number of benzene rings is 2. The number of ether oxygens (including phenoxy) is 2. The molecule has 4 rings (SSSR count). The van der Waals surface area contributed by atoms with E-state index >= 15 is 0 Å². The molecular weight excluding hydrogens is 381 g/mol. The van der Waals surface area contributed by atoms with Gasteiger partial charge in [-0.15, -0.1) is 11.3 Å². The minimum absolute atomic E-state index is 0.0878. The highest BCUT2D eigenvalue weighted by molar-refractivity contribution is 7.21. The quantitative estimate of drug-likeness (QED) is 0.547. The number of methoxy groups -OCH3 is 2. The Kier molecular flexibility index (Phi) is 4.92. The zero-order chi connectivity index (χ0) is 19.8. The first kappa shape index (κ1) is 18.7. The second kappa shape index (κ2) is 7.38. The number of aryl methyl sites for hydroxylation is 1. The largest absolute Gasteiger partial charge is 0.494 e. The minimum Gasteiger partial charge on any atom is -0.494 e. The van der Waals surface area contributed by atoms with Gasteiger partial charge in [0.25, 0.3) is 0 Å². The summed E-state index contributed by atoms with van der Waals surface area (Å²) in [4.78, 5) is 13.8. The Balaban J connectivity index is 1.96. The molecule has 8 heteroatoms. The number of hydrogen-bond acceptors (Lipinski definition) is 7. The van der Waals surface area contributed by atoms with E-state index in [1.54, 1.807) is 19.4 Å². The Morgan fingerprint density at radius 1 is 1.14 bits per heavy atom. The van der Waals surface area contributed by atoms with Crippen LogP contribution in [0.15, 0.2) is 24.4 Å². The third-order valence-electron chi connectivity index (χ3n) is 4.42. The number of hydrogen-bond donors (Lipinski definition) is 1. The molecule has 0 unspecified atom stereocenters. The van der Waals surface area contributed by atoms with Crippen molar-refractivity contribution < 1.29 is 19.0 Å². The number of rotatable bonds is 5. The summed E-state index contributed by atoms with van der Waals surface area (Å²) in [6.07, 6.45) is 1.68. The van der Waals surface area contributed by atoms with E-state index in [-0.39, 0.29) is 11.3 Å². The van der Waals surface area contributed by atoms with Crippen LogP contribution in [0.5, 0.6) is 5.75 Å². The van der Waals surface area contributed by atoms with Gasteiger partial charge in [-0.2, -0.15) is 0 Å². The first-order valence-electron chi connectivity index (χ1n) is 8.58. The number of aliphatic hydroxyl groups is 1. The number of nitrogens with zero attached hydrogens (tertiary/aromatic N) is 3. The number of fused-ring (bicyclic) bond motifs is 2. The number of halogens is 1. The van der Waals surface area contributed by atoms with Crippen LogP contribution in [-0.2, 0) is 18.0 Å². The van der Waals surface area contributed by atoms with Gasteiger partial charge in [-0.3, -0.25) is 4.98 Å². The SMILES string of the molecule is COCc1cnc2c(-c3nc4c(CO)c(F)c(OC)cc4s3)cc(C)cc2n1. The van der Waals surface area contributed by atoms with Gasteiger partial charge in [-0.1, -0.05) is 0 Å². The molecule has 0 saturated carbocycles. The van der Waals surface area contributed by atoms with Crippen molar-refractivity contribution in [3.8, 4) is 16.3 Å². The summed E-state index contributed by atoms with van der Waals surface area (Å²) < 4.78 is 25.5. The molecule has 2 heterocycles. The Hall–Kier alpha value is -2.68. The second-order valence-corrected chi connectivity index (χ2v) is 7.40. The minimum atomic E-state index is -0.590. The van der Waals surface area contributed by atoms with Crippen LogP contribution in [0.2, 0.25) is 0 Å². The molecule has 144 valence electrons. The Morgan fingerprint density at radius 3 is 2.68 bits per heavy atom. The fourth-order valence-corrected chi connectivity index (χ4v) is 4.22. The van der Waals surface area contributed by atoms with Crippen LogP contribution < -0.4 is 4.74 Å². The summed E-state index contributed by atoms with van der Waals surface area (Å²) in [6.45, 7) is 1.90. The van der Waals surface area contributed by atoms with Gasteiger partial charge in [0.2, 0.25) is 0 Å². The molecule has 0 fully saturated rings. The molecule has 0 atom stereocenters. The van der Waals surface area contributed by atoms with Gasteiger partial charge in [0.15, 0.2) is 11.6 Å². The lowest BCUT2D eigenvalue weighted by atomic mass is 10.1. The van der Waals surface area contributed by atoms with E-state index in [1.165, 1.54) is 18.4 Å². The highest BCUT2D eigenvalue weighted by Gasteiger charge is 2.19. The molecule has 0 saturated heterocycles. The summed E-state index contributed by atoms with van der Waals surface area (Å²) in [6, 6.07) is 5.54. The van der Waals surface area contributed by atoms with Gasteiger partial charge < -0.3 is 14.6 Å². The van der Waals surface area contributed by atoms with E-state index in [0.717, 1.165) is 27.0 Å². The van der Waals surface area contributed by atoms with Gasteiger partial charge in [-0.25, -0.2) is 14.4 Å². The summed E-state index contributed by atoms with van der Waals surface area (Å²) >= 11 is 1.39. The van der Waals surface area contributed by atoms with Gasteiger partial charge in [0.1, 0.15) is 5.01 Å². The summed E-state index contributed by atoms with van der Waals surface area (Å²) in [5, 5.41) is 10.3. The maximum absolute atomic E-state index is 14.5. The van der Waals surface area contributed by atoms with Crippen molar-refractivity contribution in [1.29, 1.82) is 0 Å². The molecule has 2 aromatic carbocycles. The summed E-state index contributed by atoms with van der Waals surface area (Å²) in [7, 11) is 3.01. The van der Waals surface area contributed by atoms with Crippen molar-refractivity contribution in [2.75, 3.05) is 14.2 Å². The predicted molar refractivity (Wildman–Crippen MR) is 106 cm³/mol. The van der Waals surface area contributed by atoms with E-state index in [4.69, 9.17) is 9.47 Å². The lowest BCUT2D eigenvalue weighted by Crippen LogP contribution is -1.97. The topological polar surface area (TPSA) is 77.4 Å². The van der Waals surface area contributed by atoms with Crippen LogP contribution in [0.25, 0.3) is 31.8 Å². The van der Waals surface area contributed by atoms with Crippen molar-refractivity contribution in [3.63, 3.8) is 0 Å². The molecule has 28 heavy (non-hydrogen) atoms. The molecule has 0 bridgehead atoms. The smallest absolute Gasteiger partial charge is 0.172 e. The molecule has 0 spiro atoms. The molecule has 0 aliphatic rings. The number of aliphatic hydroxyl groups excluding tert-OH is 1. The molecule has 2 aromatic heterocycles. The maximum Gasteiger partial charge on any atom is 0.172 e. The Morgan fingerprint density at radius 2 is 1.96 bits per heavy atom. The van der Waals surface area contributed by atoms with E-state index in [9.17, 15) is 9.50 Å². The molecule has 0 aliphatic heterocycles. The lowest BCUT2D eigenvalue weighted by molar-refractivity contribution is 0.181. The van der Waals surface area contributed by atoms with E-state index < -0.39 is 12.4 Å². The maximum atomic E-state index is 14.5. The molecular formula is C20H18FN3O3S. The van der Waals surface area contributed by atoms with E-state index in [2.05, 4.69) is 15.0 Å². The fourth-order valence-electron chi connectivity index (χ4n) is 3.17. The van der Waals surface area contributed by atoms with Gasteiger partial charge >= 0.3 is 0 Å². The highest BCUT2D eigenvalue weighted by atomic mass is 32.1. The molecule has 0 aliphatic carbocycles.